The van der Waals surface area contributed by atoms with Gasteiger partial charge in [0.2, 0.25) is 0 Å². The molecule has 0 atom stereocenters. The van der Waals surface area contributed by atoms with Crippen molar-refractivity contribution in [3.63, 3.8) is 0 Å². The molecule has 0 bridgehead atoms. The molecule has 4 rings (SSSR count). The Kier molecular flexibility index (Phi) is 5.54. The summed E-state index contributed by atoms with van der Waals surface area (Å²) < 4.78 is 13.4. The van der Waals surface area contributed by atoms with Crippen LogP contribution in [0.5, 0.6) is 0 Å². The maximum atomic E-state index is 13.4. The van der Waals surface area contributed by atoms with Crippen LogP contribution < -0.4 is 0 Å². The normalized spacial score (nSPS) is 15.7. The van der Waals surface area contributed by atoms with E-state index in [-0.39, 0.29) is 5.82 Å². The molecular formula is C23H24FN3. The van der Waals surface area contributed by atoms with Gasteiger partial charge in [-0.3, -0.25) is 14.9 Å². The minimum Gasteiger partial charge on any atom is -0.297 e. The van der Waals surface area contributed by atoms with Gasteiger partial charge in [0.25, 0.3) is 0 Å². The lowest BCUT2D eigenvalue weighted by Crippen LogP contribution is -2.33. The number of benzene rings is 1. The highest BCUT2D eigenvalue weighted by molar-refractivity contribution is 5.24. The molecule has 4 heteroatoms. The fourth-order valence-corrected chi connectivity index (χ4v) is 3.79. The SMILES string of the molecule is Fc1cccc(Cc2cccc(C3CCN(Cc4ccccn4)CC3)n2)c1. The van der Waals surface area contributed by atoms with Crippen LogP contribution in [0.15, 0.2) is 66.9 Å². The number of nitrogens with zero attached hydrogens (tertiary/aromatic N) is 3. The molecule has 0 amide bonds. The first kappa shape index (κ1) is 17.8. The van der Waals surface area contributed by atoms with Crippen LogP contribution in [0.3, 0.4) is 0 Å². The standard InChI is InChI=1S/C23H24FN3/c24-20-6-3-5-18(15-20)16-21-8-4-9-23(26-21)19-10-13-27(14-11-19)17-22-7-1-2-12-25-22/h1-9,12,15,19H,10-11,13-14,16-17H2. The second kappa shape index (κ2) is 8.40. The lowest BCUT2D eigenvalue weighted by Gasteiger charge is -2.31. The summed E-state index contributed by atoms with van der Waals surface area (Å²) in [4.78, 5) is 11.8. The summed E-state index contributed by atoms with van der Waals surface area (Å²) >= 11 is 0. The minimum absolute atomic E-state index is 0.191. The van der Waals surface area contributed by atoms with Crippen LogP contribution in [0.1, 0.15) is 41.4 Å². The Hall–Kier alpha value is -2.59. The van der Waals surface area contributed by atoms with Gasteiger partial charge in [0.15, 0.2) is 0 Å². The number of halogens is 1. The Bertz CT molecular complexity index is 874. The van der Waals surface area contributed by atoms with Crippen LogP contribution in [-0.2, 0) is 13.0 Å². The second-order valence-electron chi connectivity index (χ2n) is 7.23. The molecular weight excluding hydrogens is 337 g/mol. The van der Waals surface area contributed by atoms with E-state index >= 15 is 0 Å². The third-order valence-corrected chi connectivity index (χ3v) is 5.22. The number of aromatic nitrogens is 2. The van der Waals surface area contributed by atoms with Gasteiger partial charge in [0.05, 0.1) is 5.69 Å². The topological polar surface area (TPSA) is 29.0 Å². The summed E-state index contributed by atoms with van der Waals surface area (Å²) in [6.07, 6.45) is 4.76. The average Bonchev–Trinajstić information content (AvgIpc) is 2.70. The van der Waals surface area contributed by atoms with E-state index in [9.17, 15) is 4.39 Å². The van der Waals surface area contributed by atoms with Crippen molar-refractivity contribution in [1.82, 2.24) is 14.9 Å². The number of rotatable bonds is 5. The van der Waals surface area contributed by atoms with Gasteiger partial charge in [0, 0.05) is 36.5 Å². The van der Waals surface area contributed by atoms with Crippen molar-refractivity contribution in [2.45, 2.75) is 31.7 Å². The largest absolute Gasteiger partial charge is 0.297 e. The predicted octanol–water partition coefficient (Wildman–Crippen LogP) is 4.59. The van der Waals surface area contributed by atoms with E-state index in [1.54, 1.807) is 12.1 Å². The fraction of sp³-hybridized carbons (Fsp3) is 0.304. The van der Waals surface area contributed by atoms with E-state index in [1.807, 2.05) is 30.5 Å². The van der Waals surface area contributed by atoms with Crippen molar-refractivity contribution in [2.75, 3.05) is 13.1 Å². The molecule has 0 radical (unpaired) electrons. The highest BCUT2D eigenvalue weighted by Gasteiger charge is 2.22. The molecule has 0 N–H and O–H groups in total. The number of pyridine rings is 2. The maximum Gasteiger partial charge on any atom is 0.123 e. The third kappa shape index (κ3) is 4.77. The Morgan fingerprint density at radius 2 is 1.74 bits per heavy atom. The van der Waals surface area contributed by atoms with Gasteiger partial charge in [0.1, 0.15) is 5.82 Å². The van der Waals surface area contributed by atoms with Crippen molar-refractivity contribution in [2.24, 2.45) is 0 Å². The van der Waals surface area contributed by atoms with E-state index < -0.39 is 0 Å². The van der Waals surface area contributed by atoms with Gasteiger partial charge in [-0.15, -0.1) is 0 Å². The summed E-state index contributed by atoms with van der Waals surface area (Å²) in [5, 5.41) is 0. The van der Waals surface area contributed by atoms with Crippen LogP contribution in [0.4, 0.5) is 4.39 Å². The van der Waals surface area contributed by atoms with Gasteiger partial charge in [-0.2, -0.15) is 0 Å². The first-order valence-corrected chi connectivity index (χ1v) is 9.59. The van der Waals surface area contributed by atoms with Gasteiger partial charge >= 0.3 is 0 Å². The first-order chi connectivity index (χ1) is 13.3. The smallest absolute Gasteiger partial charge is 0.123 e. The van der Waals surface area contributed by atoms with Crippen molar-refractivity contribution >= 4 is 0 Å². The fourth-order valence-electron chi connectivity index (χ4n) is 3.79. The van der Waals surface area contributed by atoms with Crippen LogP contribution in [0.25, 0.3) is 0 Å². The molecule has 3 heterocycles. The summed E-state index contributed by atoms with van der Waals surface area (Å²) in [7, 11) is 0. The number of likely N-dealkylation sites (tertiary alicyclic amines) is 1. The van der Waals surface area contributed by atoms with Crippen molar-refractivity contribution < 1.29 is 4.39 Å². The Balaban J connectivity index is 1.37. The number of piperidine rings is 1. The van der Waals surface area contributed by atoms with Crippen molar-refractivity contribution in [1.29, 1.82) is 0 Å². The number of hydrogen-bond donors (Lipinski definition) is 0. The average molecular weight is 361 g/mol. The molecule has 1 fully saturated rings. The highest BCUT2D eigenvalue weighted by atomic mass is 19.1. The van der Waals surface area contributed by atoms with E-state index in [4.69, 9.17) is 4.98 Å². The number of hydrogen-bond acceptors (Lipinski definition) is 3. The molecule has 2 aromatic heterocycles. The lowest BCUT2D eigenvalue weighted by molar-refractivity contribution is 0.201. The third-order valence-electron chi connectivity index (χ3n) is 5.22. The van der Waals surface area contributed by atoms with Crippen molar-refractivity contribution in [3.8, 4) is 0 Å². The molecule has 0 aliphatic carbocycles. The van der Waals surface area contributed by atoms with Gasteiger partial charge < -0.3 is 0 Å². The van der Waals surface area contributed by atoms with Gasteiger partial charge in [-0.1, -0.05) is 24.3 Å². The van der Waals surface area contributed by atoms with E-state index in [0.29, 0.717) is 12.3 Å². The zero-order valence-corrected chi connectivity index (χ0v) is 15.4. The van der Waals surface area contributed by atoms with Crippen LogP contribution in [0.2, 0.25) is 0 Å². The molecule has 1 saturated heterocycles. The molecule has 0 unspecified atom stereocenters. The molecule has 3 nitrogen and oxygen atoms in total. The molecule has 138 valence electrons. The molecule has 27 heavy (non-hydrogen) atoms. The Morgan fingerprint density at radius 3 is 2.52 bits per heavy atom. The van der Waals surface area contributed by atoms with Crippen molar-refractivity contribution in [3.05, 3.63) is 95.3 Å². The maximum absolute atomic E-state index is 13.4. The van der Waals surface area contributed by atoms with E-state index in [2.05, 4.69) is 28.1 Å². The molecule has 1 aliphatic heterocycles. The predicted molar refractivity (Wildman–Crippen MR) is 105 cm³/mol. The summed E-state index contributed by atoms with van der Waals surface area (Å²) in [5.74, 6) is 0.307. The van der Waals surface area contributed by atoms with E-state index in [0.717, 1.165) is 49.4 Å². The Morgan fingerprint density at radius 1 is 0.926 bits per heavy atom. The zero-order valence-electron chi connectivity index (χ0n) is 15.4. The molecule has 3 aromatic rings. The highest BCUT2D eigenvalue weighted by Crippen LogP contribution is 2.27. The second-order valence-corrected chi connectivity index (χ2v) is 7.23. The monoisotopic (exact) mass is 361 g/mol. The van der Waals surface area contributed by atoms with Crippen LogP contribution in [-0.4, -0.2) is 28.0 Å². The van der Waals surface area contributed by atoms with Crippen LogP contribution in [0, 0.1) is 5.82 Å². The lowest BCUT2D eigenvalue weighted by atomic mass is 9.92. The summed E-state index contributed by atoms with van der Waals surface area (Å²) in [6.45, 7) is 3.05. The molecule has 1 aliphatic rings. The zero-order chi connectivity index (χ0) is 18.5. The minimum atomic E-state index is -0.191. The molecule has 1 aromatic carbocycles. The summed E-state index contributed by atoms with van der Waals surface area (Å²) in [6, 6.07) is 19.1. The quantitative estimate of drug-likeness (QED) is 0.666. The van der Waals surface area contributed by atoms with Gasteiger partial charge in [-0.25, -0.2) is 4.39 Å². The first-order valence-electron chi connectivity index (χ1n) is 9.59. The summed E-state index contributed by atoms with van der Waals surface area (Å²) in [5.41, 5.74) is 4.27. The Labute approximate surface area is 159 Å². The molecule has 0 saturated carbocycles. The molecule has 0 spiro atoms. The van der Waals surface area contributed by atoms with E-state index in [1.165, 1.54) is 11.8 Å². The van der Waals surface area contributed by atoms with Crippen LogP contribution >= 0.6 is 0 Å². The van der Waals surface area contributed by atoms with Gasteiger partial charge in [-0.05, 0) is 67.9 Å².